The van der Waals surface area contributed by atoms with E-state index in [1.165, 1.54) is 10.6 Å². The van der Waals surface area contributed by atoms with Gasteiger partial charge in [0.05, 0.1) is 5.01 Å². The molecule has 1 aromatic heterocycles. The van der Waals surface area contributed by atoms with E-state index in [4.69, 9.17) is 0 Å². The van der Waals surface area contributed by atoms with Gasteiger partial charge in [-0.25, -0.2) is 4.98 Å². The van der Waals surface area contributed by atoms with Gasteiger partial charge in [-0.1, -0.05) is 28.1 Å². The molecule has 1 N–H and O–H groups in total. The number of halogens is 1. The summed E-state index contributed by atoms with van der Waals surface area (Å²) in [6.45, 7) is 7.66. The second kappa shape index (κ2) is 7.52. The van der Waals surface area contributed by atoms with Gasteiger partial charge in [0.2, 0.25) is 0 Å². The van der Waals surface area contributed by atoms with E-state index in [1.54, 1.807) is 11.3 Å². The van der Waals surface area contributed by atoms with Gasteiger partial charge in [0.1, 0.15) is 0 Å². The third-order valence-corrected chi connectivity index (χ3v) is 4.64. The fourth-order valence-electron chi connectivity index (χ4n) is 2.22. The maximum atomic E-state index is 4.44. The summed E-state index contributed by atoms with van der Waals surface area (Å²) in [5.74, 6) is 0.566. The Kier molecular flexibility index (Phi) is 5.97. The van der Waals surface area contributed by atoms with Gasteiger partial charge in [-0.3, -0.25) is 0 Å². The van der Waals surface area contributed by atoms with Crippen molar-refractivity contribution in [1.82, 2.24) is 10.3 Å². The number of nitrogens with one attached hydrogen (secondary N) is 1. The molecule has 0 bridgehead atoms. The molecule has 114 valence electrons. The van der Waals surface area contributed by atoms with Crippen molar-refractivity contribution in [3.63, 3.8) is 0 Å². The molecule has 2 rings (SSSR count). The zero-order chi connectivity index (χ0) is 15.3. The van der Waals surface area contributed by atoms with E-state index in [1.807, 2.05) is 6.20 Å². The molecular weight excluding hydrogens is 344 g/mol. The van der Waals surface area contributed by atoms with Gasteiger partial charge in [0, 0.05) is 28.0 Å². The van der Waals surface area contributed by atoms with Crippen LogP contribution in [0.5, 0.6) is 0 Å². The molecule has 0 aliphatic rings. The van der Waals surface area contributed by atoms with Crippen LogP contribution in [0.1, 0.15) is 31.3 Å². The molecule has 0 saturated carbocycles. The summed E-state index contributed by atoms with van der Waals surface area (Å²) >= 11 is 5.25. The summed E-state index contributed by atoms with van der Waals surface area (Å²) in [6.07, 6.45) is 4.01. The number of thiazole rings is 1. The van der Waals surface area contributed by atoms with Gasteiger partial charge in [-0.15, -0.1) is 11.3 Å². The van der Waals surface area contributed by atoms with Gasteiger partial charge in [0.15, 0.2) is 0 Å². The van der Waals surface area contributed by atoms with Crippen LogP contribution in [0, 0.1) is 5.92 Å². The minimum Gasteiger partial charge on any atom is -0.312 e. The first kappa shape index (κ1) is 16.7. The van der Waals surface area contributed by atoms with Crippen molar-refractivity contribution in [2.24, 2.45) is 5.92 Å². The molecule has 0 aliphatic carbocycles. The van der Waals surface area contributed by atoms with Gasteiger partial charge in [-0.2, -0.15) is 0 Å². The van der Waals surface area contributed by atoms with Crippen molar-refractivity contribution in [1.29, 1.82) is 0 Å². The Labute approximate surface area is 140 Å². The molecule has 0 radical (unpaired) electrons. The summed E-state index contributed by atoms with van der Waals surface area (Å²) in [5.41, 5.74) is 1.54. The Morgan fingerprint density at radius 1 is 1.19 bits per heavy atom. The number of rotatable bonds is 6. The van der Waals surface area contributed by atoms with Crippen LogP contribution < -0.4 is 5.32 Å². The lowest BCUT2D eigenvalue weighted by Gasteiger charge is -2.25. The predicted octanol–water partition coefficient (Wildman–Crippen LogP) is 4.70. The standard InChI is InChI=1S/C17H23BrN2S/c1-17(2,3)20-12-14(11-16-19-8-9-21-16)10-13-4-6-15(18)7-5-13/h4-9,14,20H,10-12H2,1-3H3. The summed E-state index contributed by atoms with van der Waals surface area (Å²) in [4.78, 5) is 4.44. The van der Waals surface area contributed by atoms with Crippen LogP contribution in [0.15, 0.2) is 40.3 Å². The highest BCUT2D eigenvalue weighted by Crippen LogP contribution is 2.18. The molecule has 1 unspecified atom stereocenters. The highest BCUT2D eigenvalue weighted by molar-refractivity contribution is 9.10. The molecule has 0 amide bonds. The largest absolute Gasteiger partial charge is 0.312 e. The Hall–Kier alpha value is -0.710. The van der Waals surface area contributed by atoms with E-state index in [2.05, 4.69) is 76.6 Å². The molecule has 21 heavy (non-hydrogen) atoms. The van der Waals surface area contributed by atoms with Gasteiger partial charge in [0.25, 0.3) is 0 Å². The van der Waals surface area contributed by atoms with E-state index in [0.29, 0.717) is 5.92 Å². The van der Waals surface area contributed by atoms with Crippen molar-refractivity contribution in [2.45, 2.75) is 39.2 Å². The normalized spacial score (nSPS) is 13.3. The third-order valence-electron chi connectivity index (χ3n) is 3.31. The Balaban J connectivity index is 2.01. The third kappa shape index (κ3) is 6.29. The molecular formula is C17H23BrN2S. The highest BCUT2D eigenvalue weighted by Gasteiger charge is 2.16. The van der Waals surface area contributed by atoms with E-state index in [9.17, 15) is 0 Å². The Morgan fingerprint density at radius 2 is 1.90 bits per heavy atom. The molecule has 4 heteroatoms. The second-order valence-electron chi connectivity index (χ2n) is 6.46. The number of benzene rings is 1. The molecule has 2 nitrogen and oxygen atoms in total. The maximum absolute atomic E-state index is 4.44. The minimum absolute atomic E-state index is 0.154. The van der Waals surface area contributed by atoms with Crippen LogP contribution >= 0.6 is 27.3 Å². The average Bonchev–Trinajstić information content (AvgIpc) is 2.91. The molecule has 0 fully saturated rings. The minimum atomic E-state index is 0.154. The maximum Gasteiger partial charge on any atom is 0.0928 e. The monoisotopic (exact) mass is 366 g/mol. The zero-order valence-corrected chi connectivity index (χ0v) is 15.3. The molecule has 1 aromatic carbocycles. The first-order valence-corrected chi connectivity index (χ1v) is 8.97. The Morgan fingerprint density at radius 3 is 2.48 bits per heavy atom. The summed E-state index contributed by atoms with van der Waals surface area (Å²) in [7, 11) is 0. The van der Waals surface area contributed by atoms with Gasteiger partial charge >= 0.3 is 0 Å². The number of aromatic nitrogens is 1. The van der Waals surface area contributed by atoms with Crippen LogP contribution in [0.2, 0.25) is 0 Å². The summed E-state index contributed by atoms with van der Waals surface area (Å²) < 4.78 is 1.13. The topological polar surface area (TPSA) is 24.9 Å². The van der Waals surface area contributed by atoms with Crippen molar-refractivity contribution in [3.05, 3.63) is 50.9 Å². The highest BCUT2D eigenvalue weighted by atomic mass is 79.9. The van der Waals surface area contributed by atoms with E-state index in [0.717, 1.165) is 23.9 Å². The quantitative estimate of drug-likeness (QED) is 0.801. The molecule has 0 saturated heterocycles. The lowest BCUT2D eigenvalue weighted by atomic mass is 9.95. The second-order valence-corrected chi connectivity index (χ2v) is 8.35. The zero-order valence-electron chi connectivity index (χ0n) is 12.9. The number of hydrogen-bond acceptors (Lipinski definition) is 3. The molecule has 2 aromatic rings. The summed E-state index contributed by atoms with van der Waals surface area (Å²) in [6, 6.07) is 8.64. The van der Waals surface area contributed by atoms with Crippen LogP contribution in [-0.2, 0) is 12.8 Å². The van der Waals surface area contributed by atoms with E-state index < -0.39 is 0 Å². The van der Waals surface area contributed by atoms with Crippen LogP contribution in [0.25, 0.3) is 0 Å². The molecule has 1 atom stereocenters. The first-order chi connectivity index (χ1) is 9.92. The van der Waals surface area contributed by atoms with Crippen LogP contribution in [0.3, 0.4) is 0 Å². The average molecular weight is 367 g/mol. The Bertz CT molecular complexity index is 529. The lowest BCUT2D eigenvalue weighted by molar-refractivity contribution is 0.367. The lowest BCUT2D eigenvalue weighted by Crippen LogP contribution is -2.40. The molecule has 0 spiro atoms. The fourth-order valence-corrected chi connectivity index (χ4v) is 3.22. The smallest absolute Gasteiger partial charge is 0.0928 e. The van der Waals surface area contributed by atoms with Crippen molar-refractivity contribution < 1.29 is 0 Å². The van der Waals surface area contributed by atoms with Crippen molar-refractivity contribution in [2.75, 3.05) is 6.54 Å². The van der Waals surface area contributed by atoms with Gasteiger partial charge in [-0.05, 0) is 57.4 Å². The van der Waals surface area contributed by atoms with Crippen molar-refractivity contribution >= 4 is 27.3 Å². The van der Waals surface area contributed by atoms with E-state index in [-0.39, 0.29) is 5.54 Å². The summed E-state index contributed by atoms with van der Waals surface area (Å²) in [5, 5.41) is 6.92. The van der Waals surface area contributed by atoms with E-state index >= 15 is 0 Å². The van der Waals surface area contributed by atoms with Crippen LogP contribution in [0.4, 0.5) is 0 Å². The van der Waals surface area contributed by atoms with Gasteiger partial charge < -0.3 is 5.32 Å². The van der Waals surface area contributed by atoms with Crippen molar-refractivity contribution in [3.8, 4) is 0 Å². The number of nitrogens with zero attached hydrogens (tertiary/aromatic N) is 1. The first-order valence-electron chi connectivity index (χ1n) is 7.30. The van der Waals surface area contributed by atoms with Crippen LogP contribution in [-0.4, -0.2) is 17.1 Å². The molecule has 0 aliphatic heterocycles. The predicted molar refractivity (Wildman–Crippen MR) is 94.9 cm³/mol. The number of hydrogen-bond donors (Lipinski definition) is 1. The molecule has 1 heterocycles. The SMILES string of the molecule is CC(C)(C)NCC(Cc1ccc(Br)cc1)Cc1nccs1. The fraction of sp³-hybridized carbons (Fsp3) is 0.471.